The Morgan fingerprint density at radius 3 is 2.78 bits per heavy atom. The maximum absolute atomic E-state index is 12.4. The number of benzene rings is 1. The van der Waals surface area contributed by atoms with E-state index in [0.717, 1.165) is 18.5 Å². The number of fused-ring (bicyclic) bond motifs is 2. The van der Waals surface area contributed by atoms with Gasteiger partial charge in [-0.25, -0.2) is 0 Å². The number of anilines is 1. The molecule has 0 unspecified atom stereocenters. The summed E-state index contributed by atoms with van der Waals surface area (Å²) in [4.78, 5) is 24.7. The smallest absolute Gasteiger partial charge is 0.274 e. The molecule has 0 N–H and O–H groups in total. The van der Waals surface area contributed by atoms with E-state index >= 15 is 0 Å². The Balaban J connectivity index is 1.74. The molecule has 0 aromatic heterocycles. The van der Waals surface area contributed by atoms with E-state index in [9.17, 15) is 14.9 Å². The molecule has 5 heteroatoms. The van der Waals surface area contributed by atoms with E-state index < -0.39 is 0 Å². The topological polar surface area (TPSA) is 63.5 Å². The lowest BCUT2D eigenvalue weighted by Crippen LogP contribution is -2.32. The Morgan fingerprint density at radius 1 is 1.44 bits per heavy atom. The second-order valence-corrected chi connectivity index (χ2v) is 5.50. The van der Waals surface area contributed by atoms with Crippen LogP contribution in [0.5, 0.6) is 0 Å². The first-order valence-electron chi connectivity index (χ1n) is 6.22. The third kappa shape index (κ3) is 1.09. The number of hydrogen-bond acceptors (Lipinski definition) is 3. The maximum Gasteiger partial charge on any atom is 0.274 e. The van der Waals surface area contributed by atoms with Crippen LogP contribution in [0.4, 0.5) is 11.4 Å². The van der Waals surface area contributed by atoms with Crippen molar-refractivity contribution in [3.63, 3.8) is 0 Å². The van der Waals surface area contributed by atoms with Crippen LogP contribution in [0, 0.1) is 21.4 Å². The van der Waals surface area contributed by atoms with Crippen LogP contribution >= 0.6 is 0 Å². The van der Waals surface area contributed by atoms with Gasteiger partial charge in [-0.2, -0.15) is 0 Å². The van der Waals surface area contributed by atoms with E-state index in [0.29, 0.717) is 24.4 Å². The van der Waals surface area contributed by atoms with Crippen LogP contribution in [0.15, 0.2) is 18.2 Å². The highest BCUT2D eigenvalue weighted by molar-refractivity contribution is 6.04. The molecule has 0 radical (unpaired) electrons. The third-order valence-electron chi connectivity index (χ3n) is 4.55. The summed E-state index contributed by atoms with van der Waals surface area (Å²) >= 11 is 0. The number of nitro groups is 1. The molecule has 1 amide bonds. The summed E-state index contributed by atoms with van der Waals surface area (Å²) in [6.45, 7) is 0.591. The van der Waals surface area contributed by atoms with Crippen molar-refractivity contribution in [3.05, 3.63) is 33.9 Å². The van der Waals surface area contributed by atoms with Crippen LogP contribution in [0.2, 0.25) is 0 Å². The minimum Gasteiger partial charge on any atom is -0.311 e. The molecule has 4 rings (SSSR count). The predicted octanol–water partition coefficient (Wildman–Crippen LogP) is 1.89. The first-order chi connectivity index (χ1) is 8.63. The standard InChI is InChI=1S/C13H12N2O3/c16-12(13-6-8(13)7-13)14-5-4-9-10(14)2-1-3-11(9)15(17)18/h1-3,8H,4-7H2. The van der Waals surface area contributed by atoms with Crippen molar-refractivity contribution in [2.75, 3.05) is 11.4 Å². The zero-order chi connectivity index (χ0) is 12.5. The second-order valence-electron chi connectivity index (χ2n) is 5.50. The highest BCUT2D eigenvalue weighted by Gasteiger charge is 2.75. The molecule has 2 fully saturated rings. The number of rotatable bonds is 2. The molecule has 0 saturated heterocycles. The Morgan fingerprint density at radius 2 is 2.17 bits per heavy atom. The highest BCUT2D eigenvalue weighted by Crippen LogP contribution is 2.76. The van der Waals surface area contributed by atoms with Crippen molar-refractivity contribution in [2.45, 2.75) is 19.3 Å². The van der Waals surface area contributed by atoms with Gasteiger partial charge in [0.2, 0.25) is 5.91 Å². The van der Waals surface area contributed by atoms with E-state index in [1.807, 2.05) is 6.07 Å². The Hall–Kier alpha value is -1.91. The van der Waals surface area contributed by atoms with Gasteiger partial charge in [0, 0.05) is 12.6 Å². The minimum atomic E-state index is -0.359. The summed E-state index contributed by atoms with van der Waals surface area (Å²) in [7, 11) is 0. The average Bonchev–Trinajstić information content (AvgIpc) is 3.15. The zero-order valence-electron chi connectivity index (χ0n) is 9.76. The molecular weight excluding hydrogens is 232 g/mol. The SMILES string of the molecule is O=C(N1CCc2c1cccc2[N+](=O)[O-])C12CC1C2. The molecule has 5 nitrogen and oxygen atoms in total. The summed E-state index contributed by atoms with van der Waals surface area (Å²) in [6.07, 6.45) is 2.64. The lowest BCUT2D eigenvalue weighted by atomic mass is 10.1. The fourth-order valence-corrected chi connectivity index (χ4v) is 3.12. The van der Waals surface area contributed by atoms with Crippen LogP contribution < -0.4 is 4.90 Å². The van der Waals surface area contributed by atoms with Gasteiger partial charge in [-0.1, -0.05) is 6.07 Å². The number of carbonyl (C=O) groups is 1. The molecule has 2 aliphatic carbocycles. The second kappa shape index (κ2) is 2.91. The molecule has 1 aromatic carbocycles. The lowest BCUT2D eigenvalue weighted by molar-refractivity contribution is -0.385. The van der Waals surface area contributed by atoms with Crippen molar-refractivity contribution >= 4 is 17.3 Å². The summed E-state index contributed by atoms with van der Waals surface area (Å²) in [5.74, 6) is 0.791. The van der Waals surface area contributed by atoms with Crippen molar-refractivity contribution in [1.82, 2.24) is 0 Å². The van der Waals surface area contributed by atoms with Gasteiger partial charge >= 0.3 is 0 Å². The number of hydrogen-bond donors (Lipinski definition) is 0. The summed E-state index contributed by atoms with van der Waals surface area (Å²) in [5, 5.41) is 11.0. The quantitative estimate of drug-likeness (QED) is 0.589. The highest BCUT2D eigenvalue weighted by atomic mass is 16.6. The van der Waals surface area contributed by atoms with E-state index in [1.54, 1.807) is 11.0 Å². The first-order valence-corrected chi connectivity index (χ1v) is 6.22. The van der Waals surface area contributed by atoms with Gasteiger partial charge < -0.3 is 4.90 Å². The molecule has 0 atom stereocenters. The number of nitro benzene ring substituents is 1. The van der Waals surface area contributed by atoms with Crippen LogP contribution in [-0.4, -0.2) is 17.4 Å². The molecule has 3 aliphatic rings. The number of carbonyl (C=O) groups excluding carboxylic acids is 1. The van der Waals surface area contributed by atoms with Crippen LogP contribution in [-0.2, 0) is 11.2 Å². The van der Waals surface area contributed by atoms with Gasteiger partial charge in [0.1, 0.15) is 0 Å². The largest absolute Gasteiger partial charge is 0.311 e. The predicted molar refractivity (Wildman–Crippen MR) is 64.3 cm³/mol. The van der Waals surface area contributed by atoms with Gasteiger partial charge in [0.05, 0.1) is 21.6 Å². The lowest BCUT2D eigenvalue weighted by Gasteiger charge is -2.18. The van der Waals surface area contributed by atoms with E-state index in [-0.39, 0.29) is 21.9 Å². The number of amides is 1. The fraction of sp³-hybridized carbons (Fsp3) is 0.462. The van der Waals surface area contributed by atoms with Gasteiger partial charge in [0.25, 0.3) is 5.69 Å². The molecule has 18 heavy (non-hydrogen) atoms. The van der Waals surface area contributed by atoms with E-state index in [4.69, 9.17) is 0 Å². The maximum atomic E-state index is 12.4. The van der Waals surface area contributed by atoms with E-state index in [1.165, 1.54) is 6.07 Å². The molecule has 1 aromatic rings. The molecule has 92 valence electrons. The molecule has 2 saturated carbocycles. The van der Waals surface area contributed by atoms with Crippen LogP contribution in [0.1, 0.15) is 18.4 Å². The summed E-state index contributed by atoms with van der Waals surface area (Å²) < 4.78 is 0. The summed E-state index contributed by atoms with van der Waals surface area (Å²) in [5.41, 5.74) is 1.54. The van der Waals surface area contributed by atoms with Gasteiger partial charge in [-0.3, -0.25) is 14.9 Å². The molecule has 0 spiro atoms. The third-order valence-corrected chi connectivity index (χ3v) is 4.55. The minimum absolute atomic E-state index is 0.0633. The van der Waals surface area contributed by atoms with E-state index in [2.05, 4.69) is 0 Å². The van der Waals surface area contributed by atoms with Crippen molar-refractivity contribution in [1.29, 1.82) is 0 Å². The van der Waals surface area contributed by atoms with Crippen LogP contribution in [0.25, 0.3) is 0 Å². The van der Waals surface area contributed by atoms with Crippen molar-refractivity contribution in [3.8, 4) is 0 Å². The molecule has 1 aliphatic heterocycles. The first kappa shape index (κ1) is 10.1. The monoisotopic (exact) mass is 244 g/mol. The van der Waals surface area contributed by atoms with Gasteiger partial charge in [-0.05, 0) is 31.2 Å². The number of nitrogens with zero attached hydrogens (tertiary/aromatic N) is 2. The Bertz CT molecular complexity index is 590. The zero-order valence-corrected chi connectivity index (χ0v) is 9.76. The Labute approximate surface area is 104 Å². The van der Waals surface area contributed by atoms with Gasteiger partial charge in [-0.15, -0.1) is 0 Å². The Kier molecular flexibility index (Phi) is 1.62. The van der Waals surface area contributed by atoms with Crippen molar-refractivity contribution in [2.24, 2.45) is 11.3 Å². The summed E-state index contributed by atoms with van der Waals surface area (Å²) in [6, 6.07) is 5.00. The van der Waals surface area contributed by atoms with Gasteiger partial charge in [0.15, 0.2) is 0 Å². The molecule has 1 heterocycles. The molecule has 0 bridgehead atoms. The van der Waals surface area contributed by atoms with Crippen LogP contribution in [0.3, 0.4) is 0 Å². The average molecular weight is 244 g/mol. The van der Waals surface area contributed by atoms with Crippen molar-refractivity contribution < 1.29 is 9.72 Å². The normalized spacial score (nSPS) is 30.7. The fourth-order valence-electron chi connectivity index (χ4n) is 3.12. The molecular formula is C13H12N2O3.